The number of fused-ring (bicyclic) bond motifs is 10. The Kier molecular flexibility index (Phi) is 5.50. The van der Waals surface area contributed by atoms with E-state index < -0.39 is 0 Å². The third kappa shape index (κ3) is 3.79. The second kappa shape index (κ2) is 9.71. The summed E-state index contributed by atoms with van der Waals surface area (Å²) in [7, 11) is 0. The Labute approximate surface area is 275 Å². The lowest BCUT2D eigenvalue weighted by Gasteiger charge is -2.24. The highest BCUT2D eigenvalue weighted by atomic mass is 32.1. The summed E-state index contributed by atoms with van der Waals surface area (Å²) in [5, 5.41) is 3.55. The predicted molar refractivity (Wildman–Crippen MR) is 196 cm³/mol. The first-order chi connectivity index (χ1) is 23.1. The molecule has 0 spiro atoms. The van der Waals surface area contributed by atoms with Crippen molar-refractivity contribution >= 4 is 53.6 Å². The molecule has 47 heavy (non-hydrogen) atoms. The minimum Gasteiger partial charge on any atom is -0.456 e. The van der Waals surface area contributed by atoms with Crippen LogP contribution < -0.4 is 0 Å². The lowest BCUT2D eigenvalue weighted by molar-refractivity contribution is 0.658. The minimum atomic E-state index is -0.175. The molecule has 3 nitrogen and oxygen atoms in total. The molecule has 0 amide bonds. The van der Waals surface area contributed by atoms with Gasteiger partial charge in [-0.2, -0.15) is 0 Å². The summed E-state index contributed by atoms with van der Waals surface area (Å²) in [6.45, 7) is 4.70. The van der Waals surface area contributed by atoms with E-state index in [-0.39, 0.29) is 5.41 Å². The quantitative estimate of drug-likeness (QED) is 0.197. The van der Waals surface area contributed by atoms with E-state index >= 15 is 0 Å². The van der Waals surface area contributed by atoms with Crippen LogP contribution >= 0.6 is 11.3 Å². The number of furan rings is 1. The smallest absolute Gasteiger partial charge is 0.160 e. The van der Waals surface area contributed by atoms with Gasteiger partial charge in [-0.25, -0.2) is 9.97 Å². The van der Waals surface area contributed by atoms with Crippen LogP contribution in [0.25, 0.3) is 87.1 Å². The standard InChI is InChI=1S/C43H28N2OS/c1-43(2)32-23-24-34-37(29-13-6-8-17-33(29)46-34)36(32)31-16-10-15-28(38(31)43)25-19-21-27(22-20-25)42-44-39(26-11-4-3-5-12-26)41-40(45-42)30-14-7-9-18-35(30)47-41/h3-24H,1-2H3. The second-order valence-corrected chi connectivity index (χ2v) is 14.0. The topological polar surface area (TPSA) is 38.9 Å². The van der Waals surface area contributed by atoms with E-state index in [1.807, 2.05) is 12.1 Å². The summed E-state index contributed by atoms with van der Waals surface area (Å²) >= 11 is 1.76. The van der Waals surface area contributed by atoms with Gasteiger partial charge in [0, 0.05) is 37.4 Å². The number of aromatic nitrogens is 2. The van der Waals surface area contributed by atoms with E-state index in [1.165, 1.54) is 54.2 Å². The van der Waals surface area contributed by atoms with E-state index in [4.69, 9.17) is 14.4 Å². The molecule has 0 fully saturated rings. The molecule has 0 N–H and O–H groups in total. The van der Waals surface area contributed by atoms with Crippen molar-refractivity contribution in [3.8, 4) is 44.9 Å². The lowest BCUT2D eigenvalue weighted by Crippen LogP contribution is -2.16. The number of rotatable bonds is 3. The fourth-order valence-electron chi connectivity index (χ4n) is 7.74. The van der Waals surface area contributed by atoms with Gasteiger partial charge >= 0.3 is 0 Å². The van der Waals surface area contributed by atoms with Crippen LogP contribution in [0.2, 0.25) is 0 Å². The maximum atomic E-state index is 6.30. The highest BCUT2D eigenvalue weighted by Crippen LogP contribution is 2.55. The molecule has 10 rings (SSSR count). The zero-order chi connectivity index (χ0) is 31.3. The van der Waals surface area contributed by atoms with Gasteiger partial charge in [0.25, 0.3) is 0 Å². The lowest BCUT2D eigenvalue weighted by atomic mass is 9.78. The molecule has 6 aromatic carbocycles. The van der Waals surface area contributed by atoms with Gasteiger partial charge in [-0.15, -0.1) is 11.3 Å². The Hall–Kier alpha value is -5.58. The Bertz CT molecular complexity index is 2700. The van der Waals surface area contributed by atoms with E-state index in [0.29, 0.717) is 0 Å². The van der Waals surface area contributed by atoms with Crippen LogP contribution in [-0.4, -0.2) is 9.97 Å². The summed E-state index contributed by atoms with van der Waals surface area (Å²) < 4.78 is 8.65. The molecule has 1 aliphatic rings. The van der Waals surface area contributed by atoms with Gasteiger partial charge in [-0.1, -0.05) is 129 Å². The van der Waals surface area contributed by atoms with Crippen molar-refractivity contribution in [3.63, 3.8) is 0 Å². The van der Waals surface area contributed by atoms with Crippen molar-refractivity contribution in [2.75, 3.05) is 0 Å². The van der Waals surface area contributed by atoms with Crippen LogP contribution in [0.3, 0.4) is 0 Å². The fraction of sp³-hybridized carbons (Fsp3) is 0.0698. The van der Waals surface area contributed by atoms with E-state index in [2.05, 4.69) is 135 Å². The van der Waals surface area contributed by atoms with Gasteiger partial charge in [0.2, 0.25) is 0 Å². The zero-order valence-electron chi connectivity index (χ0n) is 25.9. The third-order valence-corrected chi connectivity index (χ3v) is 11.1. The van der Waals surface area contributed by atoms with E-state index in [0.717, 1.165) is 44.0 Å². The first-order valence-corrected chi connectivity index (χ1v) is 16.8. The number of nitrogens with zero attached hydrogens (tertiary/aromatic N) is 2. The van der Waals surface area contributed by atoms with Crippen LogP contribution in [0.5, 0.6) is 0 Å². The molecular weight excluding hydrogens is 593 g/mol. The molecule has 0 saturated heterocycles. The van der Waals surface area contributed by atoms with Crippen LogP contribution in [0.15, 0.2) is 138 Å². The summed E-state index contributed by atoms with van der Waals surface area (Å²) in [6.07, 6.45) is 0. The van der Waals surface area contributed by atoms with Gasteiger partial charge in [-0.05, 0) is 51.6 Å². The first-order valence-electron chi connectivity index (χ1n) is 16.0. The first kappa shape index (κ1) is 26.6. The molecule has 222 valence electrons. The Balaban J connectivity index is 1.13. The molecule has 1 aliphatic carbocycles. The normalized spacial score (nSPS) is 13.5. The third-order valence-electron chi connectivity index (χ3n) is 9.90. The molecule has 9 aromatic rings. The molecular formula is C43H28N2OS. The van der Waals surface area contributed by atoms with Gasteiger partial charge in [0.15, 0.2) is 5.82 Å². The SMILES string of the molecule is CC1(C)c2ccc3oc4ccccc4c3c2-c2cccc(-c3ccc(-c4nc(-c5ccccc5)c5sc6ccccc6c5n4)cc3)c21. The highest BCUT2D eigenvalue weighted by Gasteiger charge is 2.39. The molecule has 0 atom stereocenters. The number of hydrogen-bond donors (Lipinski definition) is 0. The predicted octanol–water partition coefficient (Wildman–Crippen LogP) is 12.1. The molecule has 3 heterocycles. The molecule has 0 radical (unpaired) electrons. The Morgan fingerprint density at radius 3 is 2.15 bits per heavy atom. The second-order valence-electron chi connectivity index (χ2n) is 12.9. The average Bonchev–Trinajstić information content (AvgIpc) is 3.76. The zero-order valence-corrected chi connectivity index (χ0v) is 26.7. The Morgan fingerprint density at radius 2 is 1.30 bits per heavy atom. The molecule has 0 bridgehead atoms. The average molecular weight is 621 g/mol. The van der Waals surface area contributed by atoms with Crippen LogP contribution in [0.4, 0.5) is 0 Å². The number of thiophene rings is 1. The molecule has 4 heteroatoms. The van der Waals surface area contributed by atoms with E-state index in [1.54, 1.807) is 11.3 Å². The van der Waals surface area contributed by atoms with Crippen molar-refractivity contribution in [2.45, 2.75) is 19.3 Å². The van der Waals surface area contributed by atoms with Crippen LogP contribution in [0.1, 0.15) is 25.0 Å². The minimum absolute atomic E-state index is 0.175. The molecule has 0 saturated carbocycles. The molecule has 3 aromatic heterocycles. The summed E-state index contributed by atoms with van der Waals surface area (Å²) in [5.41, 5.74) is 13.5. The Morgan fingerprint density at radius 1 is 0.574 bits per heavy atom. The maximum Gasteiger partial charge on any atom is 0.160 e. The van der Waals surface area contributed by atoms with Crippen molar-refractivity contribution in [2.24, 2.45) is 0 Å². The largest absolute Gasteiger partial charge is 0.456 e. The van der Waals surface area contributed by atoms with Crippen molar-refractivity contribution in [1.82, 2.24) is 9.97 Å². The van der Waals surface area contributed by atoms with Crippen LogP contribution in [-0.2, 0) is 5.41 Å². The summed E-state index contributed by atoms with van der Waals surface area (Å²) in [5.74, 6) is 0.742. The van der Waals surface area contributed by atoms with Crippen LogP contribution in [0, 0.1) is 0 Å². The van der Waals surface area contributed by atoms with Crippen molar-refractivity contribution in [1.29, 1.82) is 0 Å². The number of benzene rings is 6. The summed E-state index contributed by atoms with van der Waals surface area (Å²) in [4.78, 5) is 10.4. The maximum absolute atomic E-state index is 6.30. The van der Waals surface area contributed by atoms with Crippen molar-refractivity contribution in [3.05, 3.63) is 145 Å². The van der Waals surface area contributed by atoms with Gasteiger partial charge < -0.3 is 4.42 Å². The highest BCUT2D eigenvalue weighted by molar-refractivity contribution is 7.26. The summed E-state index contributed by atoms with van der Waals surface area (Å²) in [6, 6.07) is 47.3. The van der Waals surface area contributed by atoms with Gasteiger partial charge in [0.1, 0.15) is 11.2 Å². The number of para-hydroxylation sites is 1. The monoisotopic (exact) mass is 620 g/mol. The molecule has 0 unspecified atom stereocenters. The van der Waals surface area contributed by atoms with Gasteiger partial charge in [-0.3, -0.25) is 0 Å². The number of hydrogen-bond acceptors (Lipinski definition) is 4. The van der Waals surface area contributed by atoms with Crippen molar-refractivity contribution < 1.29 is 4.42 Å². The van der Waals surface area contributed by atoms with E-state index in [9.17, 15) is 0 Å². The fourth-order valence-corrected chi connectivity index (χ4v) is 8.89. The molecule has 0 aliphatic heterocycles. The van der Waals surface area contributed by atoms with Gasteiger partial charge in [0.05, 0.1) is 15.9 Å².